The number of aryl methyl sites for hydroxylation is 1. The lowest BCUT2D eigenvalue weighted by molar-refractivity contribution is -0.141. The Bertz CT molecular complexity index is 565. The Balaban J connectivity index is 1.45. The van der Waals surface area contributed by atoms with Crippen LogP contribution in [-0.4, -0.2) is 60.5 Å². The van der Waals surface area contributed by atoms with E-state index >= 15 is 0 Å². The SMILES string of the molecule is CN1CCOC2(CCN(C(=O)CCCc3cccs3)CC2)CC1=O. The molecule has 24 heavy (non-hydrogen) atoms. The van der Waals surface area contributed by atoms with Crippen molar-refractivity contribution in [2.75, 3.05) is 33.3 Å². The second-order valence-corrected chi connectivity index (χ2v) is 7.87. The molecule has 132 valence electrons. The quantitative estimate of drug-likeness (QED) is 0.837. The van der Waals surface area contributed by atoms with Gasteiger partial charge in [-0.25, -0.2) is 0 Å². The lowest BCUT2D eigenvalue weighted by atomic mass is 9.87. The van der Waals surface area contributed by atoms with Gasteiger partial charge in [0.15, 0.2) is 0 Å². The molecule has 0 aliphatic carbocycles. The highest BCUT2D eigenvalue weighted by atomic mass is 32.1. The minimum absolute atomic E-state index is 0.156. The molecule has 2 aliphatic heterocycles. The van der Waals surface area contributed by atoms with Gasteiger partial charge in [0, 0.05) is 38.0 Å². The van der Waals surface area contributed by atoms with Crippen molar-refractivity contribution in [1.82, 2.24) is 9.80 Å². The van der Waals surface area contributed by atoms with Crippen molar-refractivity contribution < 1.29 is 14.3 Å². The Morgan fingerprint density at radius 1 is 1.33 bits per heavy atom. The Morgan fingerprint density at radius 2 is 2.12 bits per heavy atom. The molecule has 3 rings (SSSR count). The van der Waals surface area contributed by atoms with Crippen LogP contribution in [0.4, 0.5) is 0 Å². The van der Waals surface area contributed by atoms with E-state index in [0.29, 0.717) is 39.1 Å². The number of rotatable bonds is 4. The fourth-order valence-electron chi connectivity index (χ4n) is 3.50. The van der Waals surface area contributed by atoms with Crippen LogP contribution in [0.2, 0.25) is 0 Å². The van der Waals surface area contributed by atoms with Crippen LogP contribution in [0.25, 0.3) is 0 Å². The van der Waals surface area contributed by atoms with Gasteiger partial charge in [-0.3, -0.25) is 9.59 Å². The van der Waals surface area contributed by atoms with E-state index in [0.717, 1.165) is 25.7 Å². The van der Waals surface area contributed by atoms with E-state index in [1.807, 2.05) is 11.9 Å². The summed E-state index contributed by atoms with van der Waals surface area (Å²) in [6, 6.07) is 4.18. The molecule has 0 radical (unpaired) electrons. The van der Waals surface area contributed by atoms with Crippen molar-refractivity contribution >= 4 is 23.2 Å². The number of amides is 2. The molecule has 2 saturated heterocycles. The summed E-state index contributed by atoms with van der Waals surface area (Å²) in [6.45, 7) is 2.66. The normalized spacial score (nSPS) is 21.1. The van der Waals surface area contributed by atoms with Gasteiger partial charge in [-0.1, -0.05) is 6.07 Å². The van der Waals surface area contributed by atoms with Gasteiger partial charge in [0.05, 0.1) is 18.6 Å². The monoisotopic (exact) mass is 350 g/mol. The summed E-state index contributed by atoms with van der Waals surface area (Å²) >= 11 is 1.75. The number of piperidine rings is 1. The molecule has 2 fully saturated rings. The smallest absolute Gasteiger partial charge is 0.225 e. The van der Waals surface area contributed by atoms with Crippen molar-refractivity contribution in [3.8, 4) is 0 Å². The fraction of sp³-hybridized carbons (Fsp3) is 0.667. The zero-order valence-electron chi connectivity index (χ0n) is 14.3. The zero-order chi connectivity index (χ0) is 17.0. The number of thiophene rings is 1. The number of carbonyl (C=O) groups excluding carboxylic acids is 2. The molecule has 2 aliphatic rings. The molecular weight excluding hydrogens is 324 g/mol. The Morgan fingerprint density at radius 3 is 2.83 bits per heavy atom. The van der Waals surface area contributed by atoms with Crippen molar-refractivity contribution in [2.45, 2.75) is 44.1 Å². The van der Waals surface area contributed by atoms with Crippen LogP contribution in [-0.2, 0) is 20.7 Å². The van der Waals surface area contributed by atoms with Gasteiger partial charge >= 0.3 is 0 Å². The van der Waals surface area contributed by atoms with Crippen molar-refractivity contribution in [2.24, 2.45) is 0 Å². The number of carbonyl (C=O) groups is 2. The maximum absolute atomic E-state index is 12.4. The first-order valence-electron chi connectivity index (χ1n) is 8.76. The third-order valence-corrected chi connectivity index (χ3v) is 6.09. The topological polar surface area (TPSA) is 49.9 Å². The second-order valence-electron chi connectivity index (χ2n) is 6.84. The minimum Gasteiger partial charge on any atom is -0.372 e. The van der Waals surface area contributed by atoms with E-state index in [2.05, 4.69) is 17.5 Å². The van der Waals surface area contributed by atoms with Crippen LogP contribution in [0.3, 0.4) is 0 Å². The Kier molecular flexibility index (Phi) is 5.56. The molecule has 0 aromatic carbocycles. The molecule has 5 nitrogen and oxygen atoms in total. The van der Waals surface area contributed by atoms with E-state index in [-0.39, 0.29) is 17.4 Å². The summed E-state index contributed by atoms with van der Waals surface area (Å²) in [6.07, 6.45) is 4.47. The molecule has 0 bridgehead atoms. The number of nitrogens with zero attached hydrogens (tertiary/aromatic N) is 2. The first-order valence-corrected chi connectivity index (χ1v) is 9.64. The van der Waals surface area contributed by atoms with E-state index in [1.165, 1.54) is 4.88 Å². The summed E-state index contributed by atoms with van der Waals surface area (Å²) in [4.78, 5) is 29.6. The molecule has 1 spiro atoms. The molecule has 6 heteroatoms. The molecule has 1 aromatic rings. The van der Waals surface area contributed by atoms with E-state index < -0.39 is 0 Å². The van der Waals surface area contributed by atoms with Crippen molar-refractivity contribution in [1.29, 1.82) is 0 Å². The first-order chi connectivity index (χ1) is 11.6. The molecule has 0 atom stereocenters. The van der Waals surface area contributed by atoms with Gasteiger partial charge in [-0.15, -0.1) is 11.3 Å². The lowest BCUT2D eigenvalue weighted by Gasteiger charge is -2.40. The van der Waals surface area contributed by atoms with Crippen LogP contribution in [0, 0.1) is 0 Å². The third-order valence-electron chi connectivity index (χ3n) is 5.16. The van der Waals surface area contributed by atoms with Crippen LogP contribution in [0.5, 0.6) is 0 Å². The maximum Gasteiger partial charge on any atom is 0.225 e. The molecule has 0 N–H and O–H groups in total. The number of hydrogen-bond donors (Lipinski definition) is 0. The van der Waals surface area contributed by atoms with Crippen LogP contribution in [0.1, 0.15) is 37.0 Å². The van der Waals surface area contributed by atoms with Crippen molar-refractivity contribution in [3.63, 3.8) is 0 Å². The first kappa shape index (κ1) is 17.4. The van der Waals surface area contributed by atoms with Crippen molar-refractivity contribution in [3.05, 3.63) is 22.4 Å². The summed E-state index contributed by atoms with van der Waals surface area (Å²) < 4.78 is 6.03. The highest BCUT2D eigenvalue weighted by Crippen LogP contribution is 2.32. The lowest BCUT2D eigenvalue weighted by Crippen LogP contribution is -2.49. The summed E-state index contributed by atoms with van der Waals surface area (Å²) in [5.41, 5.74) is -0.352. The summed E-state index contributed by atoms with van der Waals surface area (Å²) in [5.74, 6) is 0.390. The fourth-order valence-corrected chi connectivity index (χ4v) is 4.25. The van der Waals surface area contributed by atoms with Crippen LogP contribution in [0.15, 0.2) is 17.5 Å². The largest absolute Gasteiger partial charge is 0.372 e. The Hall–Kier alpha value is -1.40. The third kappa shape index (κ3) is 4.16. The van der Waals surface area contributed by atoms with E-state index in [9.17, 15) is 9.59 Å². The van der Waals surface area contributed by atoms with Gasteiger partial charge in [-0.2, -0.15) is 0 Å². The molecule has 3 heterocycles. The van der Waals surface area contributed by atoms with Gasteiger partial charge < -0.3 is 14.5 Å². The standard InChI is InChI=1S/C18H26N2O3S/c1-19-11-12-23-18(14-17(19)22)7-9-20(10-8-18)16(21)6-2-4-15-5-3-13-24-15/h3,5,13H,2,4,6-12,14H2,1H3. The van der Waals surface area contributed by atoms with Gasteiger partial charge in [0.25, 0.3) is 0 Å². The number of likely N-dealkylation sites (N-methyl/N-ethyl adjacent to an activating group) is 1. The average Bonchev–Trinajstić information content (AvgIpc) is 3.04. The predicted molar refractivity (Wildman–Crippen MR) is 94.0 cm³/mol. The minimum atomic E-state index is -0.352. The zero-order valence-corrected chi connectivity index (χ0v) is 15.1. The van der Waals surface area contributed by atoms with Crippen LogP contribution < -0.4 is 0 Å². The molecule has 1 aromatic heterocycles. The summed E-state index contributed by atoms with van der Waals surface area (Å²) in [5, 5.41) is 2.08. The second kappa shape index (κ2) is 7.66. The van der Waals surface area contributed by atoms with E-state index in [4.69, 9.17) is 4.74 Å². The van der Waals surface area contributed by atoms with E-state index in [1.54, 1.807) is 16.2 Å². The number of ether oxygens (including phenoxy) is 1. The highest BCUT2D eigenvalue weighted by Gasteiger charge is 2.40. The molecule has 2 amide bonds. The van der Waals surface area contributed by atoms with Gasteiger partial charge in [0.2, 0.25) is 11.8 Å². The predicted octanol–water partition coefficient (Wildman–Crippen LogP) is 2.31. The number of hydrogen-bond acceptors (Lipinski definition) is 4. The maximum atomic E-state index is 12.4. The highest BCUT2D eigenvalue weighted by molar-refractivity contribution is 7.09. The number of likely N-dealkylation sites (tertiary alicyclic amines) is 1. The van der Waals surface area contributed by atoms with Gasteiger partial charge in [0.1, 0.15) is 0 Å². The van der Waals surface area contributed by atoms with Gasteiger partial charge in [-0.05, 0) is 37.1 Å². The average molecular weight is 350 g/mol. The molecular formula is C18H26N2O3S. The molecule has 0 unspecified atom stereocenters. The summed E-state index contributed by atoms with van der Waals surface area (Å²) in [7, 11) is 1.83. The Labute approximate surface area is 147 Å². The van der Waals surface area contributed by atoms with Crippen LogP contribution >= 0.6 is 11.3 Å². The molecule has 0 saturated carbocycles.